The van der Waals surface area contributed by atoms with Crippen molar-refractivity contribution in [3.05, 3.63) is 48.6 Å². The fourth-order valence-electron chi connectivity index (χ4n) is 4.79. The highest BCUT2D eigenvalue weighted by Gasteiger charge is 2.16. The van der Waals surface area contributed by atoms with Gasteiger partial charge in [0, 0.05) is 12.8 Å². The van der Waals surface area contributed by atoms with E-state index in [1.165, 1.54) is 83.5 Å². The van der Waals surface area contributed by atoms with E-state index in [2.05, 4.69) is 62.5 Å². The monoisotopic (exact) mass is 617 g/mol. The first-order valence-corrected chi connectivity index (χ1v) is 18.2. The van der Waals surface area contributed by atoms with Gasteiger partial charge in [0.05, 0.1) is 6.61 Å². The van der Waals surface area contributed by atoms with E-state index >= 15 is 0 Å². The summed E-state index contributed by atoms with van der Waals surface area (Å²) >= 11 is 0. The van der Waals surface area contributed by atoms with E-state index in [0.29, 0.717) is 12.8 Å². The molecule has 44 heavy (non-hydrogen) atoms. The molecule has 0 spiro atoms. The lowest BCUT2D eigenvalue weighted by atomic mass is 10.1. The summed E-state index contributed by atoms with van der Waals surface area (Å²) in [5.74, 6) is -0.648. The molecule has 0 unspecified atom stereocenters. The van der Waals surface area contributed by atoms with E-state index in [1.54, 1.807) is 0 Å². The summed E-state index contributed by atoms with van der Waals surface area (Å²) in [6.45, 7) is 4.05. The Hall–Kier alpha value is -2.14. The summed E-state index contributed by atoms with van der Waals surface area (Å²) < 4.78 is 10.5. The molecule has 0 aromatic carbocycles. The van der Waals surface area contributed by atoms with Gasteiger partial charge < -0.3 is 14.6 Å². The number of rotatable bonds is 32. The van der Waals surface area contributed by atoms with Crippen LogP contribution in [0.15, 0.2) is 48.6 Å². The number of hydrogen-bond donors (Lipinski definition) is 1. The van der Waals surface area contributed by atoms with Crippen LogP contribution < -0.4 is 0 Å². The minimum atomic E-state index is -0.790. The Morgan fingerprint density at radius 2 is 0.909 bits per heavy atom. The van der Waals surface area contributed by atoms with Crippen LogP contribution in [0.4, 0.5) is 0 Å². The molecule has 254 valence electrons. The van der Waals surface area contributed by atoms with Gasteiger partial charge in [-0.3, -0.25) is 9.59 Å². The Kier molecular flexibility index (Phi) is 33.6. The lowest BCUT2D eigenvalue weighted by Gasteiger charge is -2.15. The molecule has 1 N–H and O–H groups in total. The number of allylic oxidation sites excluding steroid dienone is 8. The van der Waals surface area contributed by atoms with Crippen LogP contribution in [0.25, 0.3) is 0 Å². The fourth-order valence-corrected chi connectivity index (χ4v) is 4.79. The zero-order chi connectivity index (χ0) is 32.2. The van der Waals surface area contributed by atoms with Gasteiger partial charge in [-0.2, -0.15) is 0 Å². The van der Waals surface area contributed by atoms with Crippen LogP contribution in [0.2, 0.25) is 0 Å². The van der Waals surface area contributed by atoms with Gasteiger partial charge in [-0.25, -0.2) is 0 Å². The molecular weight excluding hydrogens is 548 g/mol. The normalized spacial score (nSPS) is 12.7. The molecule has 0 aliphatic rings. The highest BCUT2D eigenvalue weighted by Crippen LogP contribution is 2.11. The Labute approximate surface area is 271 Å². The number of aliphatic hydroxyl groups excluding tert-OH is 1. The molecule has 0 aromatic rings. The van der Waals surface area contributed by atoms with Gasteiger partial charge in [-0.15, -0.1) is 0 Å². The second kappa shape index (κ2) is 35.3. The molecule has 1 atom stereocenters. The molecule has 5 heteroatoms. The first kappa shape index (κ1) is 41.9. The number of esters is 2. The minimum absolute atomic E-state index is 0.0897. The van der Waals surface area contributed by atoms with Gasteiger partial charge in [0.2, 0.25) is 0 Å². The molecule has 0 fully saturated rings. The van der Waals surface area contributed by atoms with Crippen molar-refractivity contribution >= 4 is 11.9 Å². The predicted molar refractivity (Wildman–Crippen MR) is 187 cm³/mol. The molecular formula is C39H68O5. The molecule has 0 bridgehead atoms. The van der Waals surface area contributed by atoms with Crippen LogP contribution in [0, 0.1) is 0 Å². The van der Waals surface area contributed by atoms with Gasteiger partial charge in [-0.1, -0.05) is 127 Å². The first-order valence-electron chi connectivity index (χ1n) is 18.2. The zero-order valence-corrected chi connectivity index (χ0v) is 28.7. The third-order valence-electron chi connectivity index (χ3n) is 7.60. The largest absolute Gasteiger partial charge is 0.462 e. The van der Waals surface area contributed by atoms with Gasteiger partial charge in [0.1, 0.15) is 6.61 Å². The number of carbonyl (C=O) groups excluding carboxylic acids is 2. The van der Waals surface area contributed by atoms with E-state index in [9.17, 15) is 14.7 Å². The lowest BCUT2D eigenvalue weighted by Crippen LogP contribution is -2.28. The summed E-state index contributed by atoms with van der Waals surface area (Å²) in [5, 5.41) is 9.52. The summed E-state index contributed by atoms with van der Waals surface area (Å²) in [6, 6.07) is 0. The average molecular weight is 617 g/mol. The third kappa shape index (κ3) is 32.8. The maximum absolute atomic E-state index is 12.1. The first-order chi connectivity index (χ1) is 21.6. The van der Waals surface area contributed by atoms with E-state index < -0.39 is 6.10 Å². The highest BCUT2D eigenvalue weighted by molar-refractivity contribution is 5.70. The van der Waals surface area contributed by atoms with E-state index in [1.807, 2.05) is 0 Å². The summed E-state index contributed by atoms with van der Waals surface area (Å²) in [7, 11) is 0. The maximum atomic E-state index is 12.1. The van der Waals surface area contributed by atoms with Gasteiger partial charge in [0.25, 0.3) is 0 Å². The van der Waals surface area contributed by atoms with Crippen LogP contribution >= 0.6 is 0 Å². The smallest absolute Gasteiger partial charge is 0.306 e. The molecule has 0 amide bonds. The molecule has 0 radical (unpaired) electrons. The summed E-state index contributed by atoms with van der Waals surface area (Å²) in [6.07, 6.45) is 43.1. The van der Waals surface area contributed by atoms with Gasteiger partial charge in [0.15, 0.2) is 6.10 Å². The quantitative estimate of drug-likeness (QED) is 0.0462. The van der Waals surface area contributed by atoms with Crippen molar-refractivity contribution in [2.75, 3.05) is 13.2 Å². The van der Waals surface area contributed by atoms with Crippen LogP contribution in [0.3, 0.4) is 0 Å². The highest BCUT2D eigenvalue weighted by atomic mass is 16.6. The Bertz CT molecular complexity index is 752. The second-order valence-corrected chi connectivity index (χ2v) is 11.9. The van der Waals surface area contributed by atoms with Gasteiger partial charge >= 0.3 is 11.9 Å². The number of aliphatic hydroxyl groups is 1. The molecule has 0 saturated carbocycles. The van der Waals surface area contributed by atoms with Crippen molar-refractivity contribution in [1.82, 2.24) is 0 Å². The third-order valence-corrected chi connectivity index (χ3v) is 7.60. The van der Waals surface area contributed by atoms with Crippen molar-refractivity contribution in [3.63, 3.8) is 0 Å². The lowest BCUT2D eigenvalue weighted by molar-refractivity contribution is -0.161. The van der Waals surface area contributed by atoms with Gasteiger partial charge in [-0.05, 0) is 77.0 Å². The predicted octanol–water partition coefficient (Wildman–Crippen LogP) is 11.1. The maximum Gasteiger partial charge on any atom is 0.306 e. The van der Waals surface area contributed by atoms with Crippen molar-refractivity contribution in [1.29, 1.82) is 0 Å². The summed E-state index contributed by atoms with van der Waals surface area (Å²) in [4.78, 5) is 24.2. The Morgan fingerprint density at radius 1 is 0.523 bits per heavy atom. The molecule has 0 aliphatic carbocycles. The second-order valence-electron chi connectivity index (χ2n) is 11.9. The average Bonchev–Trinajstić information content (AvgIpc) is 3.02. The molecule has 0 aliphatic heterocycles. The SMILES string of the molecule is CCCCC/C=C\C/C=C\C/C=C\CCCCC(=O)OC[C@H](CO)OC(=O)CCCCCCC/C=C\CCCCCCCC. The molecule has 0 saturated heterocycles. The van der Waals surface area contributed by atoms with Crippen LogP contribution in [-0.2, 0) is 19.1 Å². The van der Waals surface area contributed by atoms with E-state index in [4.69, 9.17) is 9.47 Å². The molecule has 5 nitrogen and oxygen atoms in total. The molecule has 0 rings (SSSR count). The topological polar surface area (TPSA) is 72.8 Å². The van der Waals surface area contributed by atoms with Crippen molar-refractivity contribution in [3.8, 4) is 0 Å². The Balaban J connectivity index is 3.67. The zero-order valence-electron chi connectivity index (χ0n) is 28.7. The van der Waals surface area contributed by atoms with Crippen LogP contribution in [-0.4, -0.2) is 36.4 Å². The Morgan fingerprint density at radius 3 is 1.48 bits per heavy atom. The summed E-state index contributed by atoms with van der Waals surface area (Å²) in [5.41, 5.74) is 0. The van der Waals surface area contributed by atoms with Crippen molar-refractivity contribution < 1.29 is 24.2 Å². The standard InChI is InChI=1S/C39H68O5/c1-3-5-7-9-11-13-15-17-19-21-23-25-27-29-31-33-38(41)43-36-37(35-40)44-39(42)34-32-30-28-26-24-22-20-18-16-14-12-10-8-6-4-2/h11,13,17-20,23,25,37,40H,3-10,12,14-16,21-22,24,26-36H2,1-2H3/b13-11-,19-17-,20-18-,25-23-/t37-/m0/s1. The number of hydrogen-bond acceptors (Lipinski definition) is 5. The van der Waals surface area contributed by atoms with Crippen molar-refractivity contribution in [2.45, 2.75) is 174 Å². The molecule has 0 heterocycles. The van der Waals surface area contributed by atoms with E-state index in [0.717, 1.165) is 57.8 Å². The molecule has 0 aromatic heterocycles. The fraction of sp³-hybridized carbons (Fsp3) is 0.744. The number of ether oxygens (including phenoxy) is 2. The number of carbonyl (C=O) groups is 2. The minimum Gasteiger partial charge on any atom is -0.462 e. The van der Waals surface area contributed by atoms with E-state index in [-0.39, 0.29) is 25.2 Å². The van der Waals surface area contributed by atoms with Crippen LogP contribution in [0.1, 0.15) is 168 Å². The van der Waals surface area contributed by atoms with Crippen molar-refractivity contribution in [2.24, 2.45) is 0 Å². The number of unbranched alkanes of at least 4 members (excludes halogenated alkanes) is 16. The van der Waals surface area contributed by atoms with Crippen LogP contribution in [0.5, 0.6) is 0 Å².